The summed E-state index contributed by atoms with van der Waals surface area (Å²) in [6.07, 6.45) is 6.87. The molecule has 0 aromatic rings. The Morgan fingerprint density at radius 1 is 1.27 bits per heavy atom. The lowest BCUT2D eigenvalue weighted by Gasteiger charge is -2.29. The third-order valence-corrected chi connectivity index (χ3v) is 3.10. The van der Waals surface area contributed by atoms with E-state index in [9.17, 15) is 4.79 Å². The molecule has 1 aliphatic heterocycles. The molecule has 1 aliphatic rings. The van der Waals surface area contributed by atoms with Gasteiger partial charge in [-0.3, -0.25) is 0 Å². The lowest BCUT2D eigenvalue weighted by molar-refractivity contribution is 0.181. The van der Waals surface area contributed by atoms with Crippen LogP contribution in [0.5, 0.6) is 0 Å². The van der Waals surface area contributed by atoms with Crippen molar-refractivity contribution < 1.29 is 4.79 Å². The summed E-state index contributed by atoms with van der Waals surface area (Å²) >= 11 is 0. The maximum absolute atomic E-state index is 11.9. The fourth-order valence-corrected chi connectivity index (χ4v) is 2.09. The highest BCUT2D eigenvalue weighted by atomic mass is 16.2. The predicted molar refractivity (Wildman–Crippen MR) is 62.9 cm³/mol. The van der Waals surface area contributed by atoms with E-state index >= 15 is 0 Å². The molecule has 0 aromatic carbocycles. The van der Waals surface area contributed by atoms with E-state index in [-0.39, 0.29) is 6.03 Å². The predicted octanol–water partition coefficient (Wildman–Crippen LogP) is 2.76. The van der Waals surface area contributed by atoms with Crippen molar-refractivity contribution in [1.82, 2.24) is 10.2 Å². The van der Waals surface area contributed by atoms with Crippen molar-refractivity contribution >= 4 is 6.03 Å². The number of hydrogen-bond acceptors (Lipinski definition) is 1. The number of carbonyl (C=O) groups excluding carboxylic acids is 1. The largest absolute Gasteiger partial charge is 0.335 e. The molecule has 3 nitrogen and oxygen atoms in total. The van der Waals surface area contributed by atoms with Gasteiger partial charge in [-0.15, -0.1) is 0 Å². The van der Waals surface area contributed by atoms with E-state index in [1.165, 1.54) is 6.42 Å². The number of piperidine rings is 1. The van der Waals surface area contributed by atoms with Gasteiger partial charge < -0.3 is 10.2 Å². The molecule has 88 valence electrons. The number of carbonyl (C=O) groups is 1. The number of urea groups is 1. The van der Waals surface area contributed by atoms with Crippen LogP contribution in [0.25, 0.3) is 0 Å². The van der Waals surface area contributed by atoms with Crippen LogP contribution in [0.2, 0.25) is 0 Å². The highest BCUT2D eigenvalue weighted by Crippen LogP contribution is 2.09. The summed E-state index contributed by atoms with van der Waals surface area (Å²) in [7, 11) is 0. The van der Waals surface area contributed by atoms with Crippen molar-refractivity contribution in [2.24, 2.45) is 0 Å². The monoisotopic (exact) mass is 212 g/mol. The van der Waals surface area contributed by atoms with Crippen molar-refractivity contribution in [3.63, 3.8) is 0 Å². The first kappa shape index (κ1) is 12.3. The Hall–Kier alpha value is -0.730. The van der Waals surface area contributed by atoms with Crippen LogP contribution in [0.1, 0.15) is 52.4 Å². The van der Waals surface area contributed by atoms with Gasteiger partial charge in [-0.1, -0.05) is 20.3 Å². The number of hydrogen-bond donors (Lipinski definition) is 1. The molecule has 2 amide bonds. The Kier molecular flexibility index (Phi) is 5.51. The average Bonchev–Trinajstić information content (AvgIpc) is 2.29. The third kappa shape index (κ3) is 4.10. The van der Waals surface area contributed by atoms with E-state index in [1.807, 2.05) is 4.90 Å². The molecule has 1 unspecified atom stereocenters. The molecular weight excluding hydrogens is 188 g/mol. The number of nitrogens with one attached hydrogen (secondary N) is 1. The van der Waals surface area contributed by atoms with Gasteiger partial charge in [0.2, 0.25) is 0 Å². The van der Waals surface area contributed by atoms with Gasteiger partial charge >= 0.3 is 6.03 Å². The number of amides is 2. The first-order valence-corrected chi connectivity index (χ1v) is 6.33. The van der Waals surface area contributed by atoms with Gasteiger partial charge in [0.25, 0.3) is 0 Å². The van der Waals surface area contributed by atoms with Gasteiger partial charge in [0.05, 0.1) is 0 Å². The molecule has 0 aliphatic carbocycles. The highest BCUT2D eigenvalue weighted by Gasteiger charge is 2.18. The molecule has 1 heterocycles. The van der Waals surface area contributed by atoms with Crippen molar-refractivity contribution in [3.8, 4) is 0 Å². The second-order valence-electron chi connectivity index (χ2n) is 4.39. The smallest absolute Gasteiger partial charge is 0.317 e. The standard InChI is InChI=1S/C12H24N2O/c1-3-8-11(4-2)13-12(15)14-9-6-5-7-10-14/h11H,3-10H2,1-2H3,(H,13,15). The zero-order chi connectivity index (χ0) is 11.1. The van der Waals surface area contributed by atoms with Crippen molar-refractivity contribution in [3.05, 3.63) is 0 Å². The van der Waals surface area contributed by atoms with Crippen LogP contribution in [0, 0.1) is 0 Å². The minimum atomic E-state index is 0.148. The maximum atomic E-state index is 11.9. The summed E-state index contributed by atoms with van der Waals surface area (Å²) in [5, 5.41) is 3.12. The van der Waals surface area contributed by atoms with Gasteiger partial charge in [0.1, 0.15) is 0 Å². The molecular formula is C12H24N2O. The van der Waals surface area contributed by atoms with Gasteiger partial charge in [-0.2, -0.15) is 0 Å². The van der Waals surface area contributed by atoms with Crippen LogP contribution in [0.3, 0.4) is 0 Å². The van der Waals surface area contributed by atoms with Crippen LogP contribution in [-0.4, -0.2) is 30.1 Å². The van der Waals surface area contributed by atoms with E-state index < -0.39 is 0 Å². The van der Waals surface area contributed by atoms with Crippen LogP contribution in [-0.2, 0) is 0 Å². The van der Waals surface area contributed by atoms with Gasteiger partial charge in [0, 0.05) is 19.1 Å². The maximum Gasteiger partial charge on any atom is 0.317 e. The lowest BCUT2D eigenvalue weighted by atomic mass is 10.1. The minimum Gasteiger partial charge on any atom is -0.335 e. The van der Waals surface area contributed by atoms with Crippen LogP contribution >= 0.6 is 0 Å². The molecule has 0 spiro atoms. The van der Waals surface area contributed by atoms with Gasteiger partial charge in [-0.25, -0.2) is 4.79 Å². The lowest BCUT2D eigenvalue weighted by Crippen LogP contribution is -2.46. The third-order valence-electron chi connectivity index (χ3n) is 3.10. The Bertz CT molecular complexity index is 188. The van der Waals surface area contributed by atoms with Gasteiger partial charge in [0.15, 0.2) is 0 Å². The van der Waals surface area contributed by atoms with E-state index in [4.69, 9.17) is 0 Å². The Labute approximate surface area is 93.2 Å². The van der Waals surface area contributed by atoms with E-state index in [1.54, 1.807) is 0 Å². The summed E-state index contributed by atoms with van der Waals surface area (Å²) in [5.41, 5.74) is 0. The highest BCUT2D eigenvalue weighted by molar-refractivity contribution is 5.74. The van der Waals surface area contributed by atoms with Crippen molar-refractivity contribution in [1.29, 1.82) is 0 Å². The second kappa shape index (κ2) is 6.70. The Morgan fingerprint density at radius 2 is 1.93 bits per heavy atom. The average molecular weight is 212 g/mol. The molecule has 0 saturated carbocycles. The fraction of sp³-hybridized carbons (Fsp3) is 0.917. The normalized spacial score (nSPS) is 18.7. The quantitative estimate of drug-likeness (QED) is 0.763. The summed E-state index contributed by atoms with van der Waals surface area (Å²) < 4.78 is 0. The summed E-state index contributed by atoms with van der Waals surface area (Å²) in [6, 6.07) is 0.513. The Morgan fingerprint density at radius 3 is 2.47 bits per heavy atom. The first-order chi connectivity index (χ1) is 7.27. The van der Waals surface area contributed by atoms with Gasteiger partial charge in [-0.05, 0) is 32.1 Å². The molecule has 1 atom stereocenters. The van der Waals surface area contributed by atoms with Crippen molar-refractivity contribution in [2.45, 2.75) is 58.4 Å². The van der Waals surface area contributed by atoms with Crippen molar-refractivity contribution in [2.75, 3.05) is 13.1 Å². The van der Waals surface area contributed by atoms with Crippen LogP contribution in [0.4, 0.5) is 4.79 Å². The van der Waals surface area contributed by atoms with Crippen LogP contribution in [0.15, 0.2) is 0 Å². The molecule has 1 saturated heterocycles. The summed E-state index contributed by atoms with van der Waals surface area (Å²) in [6.45, 7) is 6.18. The zero-order valence-corrected chi connectivity index (χ0v) is 10.1. The van der Waals surface area contributed by atoms with E-state index in [2.05, 4.69) is 19.2 Å². The molecule has 1 N–H and O–H groups in total. The fourth-order valence-electron chi connectivity index (χ4n) is 2.09. The number of rotatable bonds is 4. The molecule has 15 heavy (non-hydrogen) atoms. The van der Waals surface area contributed by atoms with E-state index in [0.717, 1.165) is 45.2 Å². The SMILES string of the molecule is CCCC(CC)NC(=O)N1CCCCC1. The molecule has 1 rings (SSSR count). The first-order valence-electron chi connectivity index (χ1n) is 6.33. The second-order valence-corrected chi connectivity index (χ2v) is 4.39. The molecule has 0 radical (unpaired) electrons. The summed E-state index contributed by atoms with van der Waals surface area (Å²) in [5.74, 6) is 0. The molecule has 1 fully saturated rings. The Balaban J connectivity index is 2.31. The summed E-state index contributed by atoms with van der Waals surface area (Å²) in [4.78, 5) is 13.8. The number of likely N-dealkylation sites (tertiary alicyclic amines) is 1. The molecule has 3 heteroatoms. The topological polar surface area (TPSA) is 32.3 Å². The zero-order valence-electron chi connectivity index (χ0n) is 10.1. The van der Waals surface area contributed by atoms with Crippen LogP contribution < -0.4 is 5.32 Å². The minimum absolute atomic E-state index is 0.148. The number of nitrogens with zero attached hydrogens (tertiary/aromatic N) is 1. The van der Waals surface area contributed by atoms with E-state index in [0.29, 0.717) is 6.04 Å². The molecule has 0 bridgehead atoms. The molecule has 0 aromatic heterocycles.